The third-order valence-electron chi connectivity index (χ3n) is 10.4. The normalized spacial score (nSPS) is 27.2. The van der Waals surface area contributed by atoms with Crippen LogP contribution in [-0.2, 0) is 20.4 Å². The topological polar surface area (TPSA) is 37.4 Å². The van der Waals surface area contributed by atoms with Gasteiger partial charge in [-0.05, 0) is 56.6 Å². The maximum Gasteiger partial charge on any atom is 0.246 e. The van der Waals surface area contributed by atoms with E-state index in [0.717, 1.165) is 49.7 Å². The van der Waals surface area contributed by atoms with E-state index in [9.17, 15) is 0 Å². The molecular weight excluding hydrogens is 502 g/mol. The van der Waals surface area contributed by atoms with Crippen LogP contribution in [0.1, 0.15) is 63.7 Å². The second-order valence-corrected chi connectivity index (χ2v) is 11.9. The molecule has 1 heterocycles. The molecule has 0 radical (unpaired) electrons. The van der Waals surface area contributed by atoms with E-state index in [-0.39, 0.29) is 23.7 Å². The van der Waals surface area contributed by atoms with E-state index in [1.54, 1.807) is 4.90 Å². The zero-order valence-corrected chi connectivity index (χ0v) is 22.6. The number of likely N-dealkylation sites (tertiary alicyclic amines) is 1. The van der Waals surface area contributed by atoms with Gasteiger partial charge in [0.15, 0.2) is 0 Å². The fraction of sp³-hybridized carbons (Fsp3) is 0.158. The Morgan fingerprint density at radius 1 is 0.634 bits per heavy atom. The number of allylic oxidation sites excluding steroid dienone is 1. The Labute approximate surface area is 238 Å². The zero-order chi connectivity index (χ0) is 27.5. The van der Waals surface area contributed by atoms with Crippen LogP contribution in [0.4, 0.5) is 0 Å². The Balaban J connectivity index is 1.42. The summed E-state index contributed by atoms with van der Waals surface area (Å²) in [7, 11) is 0. The van der Waals surface area contributed by atoms with Crippen molar-refractivity contribution >= 4 is 22.6 Å². The van der Waals surface area contributed by atoms with E-state index in [0.29, 0.717) is 0 Å². The molecule has 3 nitrogen and oxygen atoms in total. The van der Waals surface area contributed by atoms with Gasteiger partial charge in [0, 0.05) is 11.8 Å². The lowest BCUT2D eigenvalue weighted by atomic mass is 9.45. The van der Waals surface area contributed by atoms with Gasteiger partial charge in [-0.15, -0.1) is 0 Å². The number of carbonyl (C=O) groups excluding carboxylic acids is 2. The average molecular weight is 530 g/mol. The molecule has 0 unspecified atom stereocenters. The van der Waals surface area contributed by atoms with E-state index >= 15 is 9.59 Å². The molecule has 0 N–H and O–H groups in total. The van der Waals surface area contributed by atoms with Crippen molar-refractivity contribution in [3.8, 4) is 0 Å². The molecule has 5 aromatic rings. The fourth-order valence-corrected chi connectivity index (χ4v) is 8.86. The molecule has 1 aliphatic heterocycles. The summed E-state index contributed by atoms with van der Waals surface area (Å²) in [4.78, 5) is 32.5. The molecule has 4 aliphatic carbocycles. The fourth-order valence-electron chi connectivity index (χ4n) is 8.86. The van der Waals surface area contributed by atoms with Crippen molar-refractivity contribution in [2.75, 3.05) is 0 Å². The molecule has 4 bridgehead atoms. The number of nitrogens with zero attached hydrogens (tertiary/aromatic N) is 1. The number of hydrogen-bond donors (Lipinski definition) is 0. The largest absolute Gasteiger partial charge is 0.273 e. The number of rotatable bonds is 2. The minimum absolute atomic E-state index is 0.0659. The Hall–Kier alpha value is -4.76. The zero-order valence-electron chi connectivity index (χ0n) is 22.6. The first-order valence-corrected chi connectivity index (χ1v) is 14.4. The van der Waals surface area contributed by atoms with Crippen LogP contribution < -0.4 is 0 Å². The SMILES string of the molecule is C[C@@H](c1cccc2ccccc12)N1C(=O)C23c4ccccc4C(c4ccccc42)[C@H]2C=C[C@]3(C1=O)c1ccccc12. The van der Waals surface area contributed by atoms with E-state index in [1.807, 2.05) is 43.3 Å². The molecule has 2 amide bonds. The third-order valence-corrected chi connectivity index (χ3v) is 10.4. The molecule has 0 aromatic heterocycles. The number of fused-ring (bicyclic) bond motifs is 1. The molecule has 0 saturated carbocycles. The van der Waals surface area contributed by atoms with Crippen LogP contribution in [0.2, 0.25) is 0 Å². The second kappa shape index (κ2) is 7.70. The Kier molecular flexibility index (Phi) is 4.32. The van der Waals surface area contributed by atoms with Crippen LogP contribution in [0, 0.1) is 0 Å². The van der Waals surface area contributed by atoms with Gasteiger partial charge in [-0.1, -0.05) is 127 Å². The highest BCUT2D eigenvalue weighted by atomic mass is 16.2. The molecule has 1 fully saturated rings. The lowest BCUT2D eigenvalue weighted by Crippen LogP contribution is -2.57. The summed E-state index contributed by atoms with van der Waals surface area (Å²) in [5.74, 6) is -0.142. The first-order valence-electron chi connectivity index (χ1n) is 14.4. The number of imide groups is 1. The number of carbonyl (C=O) groups is 2. The maximum absolute atomic E-state index is 15.5. The van der Waals surface area contributed by atoms with Crippen molar-refractivity contribution in [3.63, 3.8) is 0 Å². The summed E-state index contributed by atoms with van der Waals surface area (Å²) in [6.45, 7) is 2.01. The van der Waals surface area contributed by atoms with Crippen molar-refractivity contribution in [3.05, 3.63) is 166 Å². The van der Waals surface area contributed by atoms with E-state index in [1.165, 1.54) is 0 Å². The van der Waals surface area contributed by atoms with Gasteiger partial charge in [-0.3, -0.25) is 14.5 Å². The lowest BCUT2D eigenvalue weighted by molar-refractivity contribution is -0.142. The van der Waals surface area contributed by atoms with Crippen LogP contribution in [0.5, 0.6) is 0 Å². The van der Waals surface area contributed by atoms with Crippen LogP contribution in [0.15, 0.2) is 127 Å². The molecule has 5 aromatic carbocycles. The standard InChI is InChI=1S/C38H27NO2/c1-23(25-17-10-12-24-11-2-3-13-26(24)25)39-35(40)37-22-21-28(27-14-4-7-18-31(27)37)34-29-15-5-8-19-32(29)38(37,36(39)41)33-20-9-6-16-30(33)34/h2-23,28,34H,1H3/t23-,28-,34?,37+,38?/m0/s1. The van der Waals surface area contributed by atoms with Crippen molar-refractivity contribution in [1.82, 2.24) is 4.90 Å². The van der Waals surface area contributed by atoms with Gasteiger partial charge in [0.25, 0.3) is 0 Å². The van der Waals surface area contributed by atoms with Gasteiger partial charge < -0.3 is 0 Å². The minimum Gasteiger partial charge on any atom is -0.273 e. The molecule has 1 saturated heterocycles. The van der Waals surface area contributed by atoms with Crippen LogP contribution in [0.3, 0.4) is 0 Å². The number of hydrogen-bond acceptors (Lipinski definition) is 2. The molecule has 10 rings (SSSR count). The first-order chi connectivity index (χ1) is 20.1. The highest BCUT2D eigenvalue weighted by Crippen LogP contribution is 2.68. The number of amides is 2. The summed E-state index contributed by atoms with van der Waals surface area (Å²) in [6, 6.07) is 39.0. The monoisotopic (exact) mass is 529 g/mol. The summed E-state index contributed by atoms with van der Waals surface area (Å²) in [6.07, 6.45) is 4.33. The minimum atomic E-state index is -1.20. The molecule has 41 heavy (non-hydrogen) atoms. The summed E-state index contributed by atoms with van der Waals surface area (Å²) >= 11 is 0. The molecule has 2 spiro atoms. The predicted octanol–water partition coefficient (Wildman–Crippen LogP) is 7.31. The molecule has 5 aliphatic rings. The van der Waals surface area contributed by atoms with Gasteiger partial charge in [0.2, 0.25) is 11.8 Å². The Morgan fingerprint density at radius 3 is 1.95 bits per heavy atom. The van der Waals surface area contributed by atoms with Crippen molar-refractivity contribution in [2.45, 2.75) is 35.6 Å². The van der Waals surface area contributed by atoms with Crippen LogP contribution >= 0.6 is 0 Å². The second-order valence-electron chi connectivity index (χ2n) is 11.9. The van der Waals surface area contributed by atoms with Gasteiger partial charge >= 0.3 is 0 Å². The number of benzene rings is 5. The van der Waals surface area contributed by atoms with Gasteiger partial charge in [-0.2, -0.15) is 0 Å². The maximum atomic E-state index is 15.5. The third kappa shape index (κ3) is 2.44. The molecule has 196 valence electrons. The summed E-state index contributed by atoms with van der Waals surface area (Å²) in [5, 5.41) is 2.16. The van der Waals surface area contributed by atoms with Crippen molar-refractivity contribution in [2.24, 2.45) is 0 Å². The van der Waals surface area contributed by atoms with E-state index < -0.39 is 16.9 Å². The van der Waals surface area contributed by atoms with Gasteiger partial charge in [0.1, 0.15) is 10.8 Å². The molecule has 3 atom stereocenters. The average Bonchev–Trinajstić information content (AvgIpc) is 3.18. The molecule has 3 heteroatoms. The van der Waals surface area contributed by atoms with Gasteiger partial charge in [-0.25, -0.2) is 0 Å². The quantitative estimate of drug-likeness (QED) is 0.178. The first kappa shape index (κ1) is 23.0. The smallest absolute Gasteiger partial charge is 0.246 e. The summed E-state index contributed by atoms with van der Waals surface area (Å²) < 4.78 is 0. The predicted molar refractivity (Wildman–Crippen MR) is 160 cm³/mol. The lowest BCUT2D eigenvalue weighted by Gasteiger charge is -2.53. The summed E-state index contributed by atoms with van der Waals surface area (Å²) in [5.41, 5.74) is 4.95. The van der Waals surface area contributed by atoms with Crippen molar-refractivity contribution in [1.29, 1.82) is 0 Å². The highest BCUT2D eigenvalue weighted by molar-refractivity contribution is 6.20. The Bertz CT molecular complexity index is 1950. The van der Waals surface area contributed by atoms with Crippen LogP contribution in [-0.4, -0.2) is 16.7 Å². The molecular formula is C38H27NO2. The van der Waals surface area contributed by atoms with Crippen LogP contribution in [0.25, 0.3) is 10.8 Å². The van der Waals surface area contributed by atoms with E-state index in [2.05, 4.69) is 91.0 Å². The highest BCUT2D eigenvalue weighted by Gasteiger charge is 2.75. The van der Waals surface area contributed by atoms with E-state index in [4.69, 9.17) is 0 Å². The van der Waals surface area contributed by atoms with Crippen molar-refractivity contribution < 1.29 is 9.59 Å². The Morgan fingerprint density at radius 2 is 1.22 bits per heavy atom. The van der Waals surface area contributed by atoms with Gasteiger partial charge in [0.05, 0.1) is 6.04 Å².